The first-order valence-electron chi connectivity index (χ1n) is 9.14. The molecule has 1 aliphatic carbocycles. The SMILES string of the molecule is COc1cc(Nc2ncc3c(n2)N(C)C2(CC2)CO3)cnc1-n1cnc(C)c1. The Bertz CT molecular complexity index is 1040. The zero-order valence-electron chi connectivity index (χ0n) is 16.0. The second-order valence-electron chi connectivity index (χ2n) is 7.25. The Kier molecular flexibility index (Phi) is 3.65. The maximum absolute atomic E-state index is 5.84. The van der Waals surface area contributed by atoms with Crippen molar-refractivity contribution in [3.05, 3.63) is 36.7 Å². The first-order chi connectivity index (χ1) is 13.6. The number of nitrogens with one attached hydrogen (secondary N) is 1. The second-order valence-corrected chi connectivity index (χ2v) is 7.25. The Morgan fingerprint density at radius 3 is 2.75 bits per heavy atom. The summed E-state index contributed by atoms with van der Waals surface area (Å²) in [4.78, 5) is 20.0. The first kappa shape index (κ1) is 16.8. The Hall–Kier alpha value is -3.36. The third-order valence-electron chi connectivity index (χ3n) is 5.35. The van der Waals surface area contributed by atoms with Crippen LogP contribution in [0.15, 0.2) is 31.0 Å². The predicted molar refractivity (Wildman–Crippen MR) is 104 cm³/mol. The van der Waals surface area contributed by atoms with Crippen LogP contribution in [0.5, 0.6) is 11.5 Å². The highest BCUT2D eigenvalue weighted by Gasteiger charge is 2.51. The minimum absolute atomic E-state index is 0.105. The zero-order valence-corrected chi connectivity index (χ0v) is 16.0. The predicted octanol–water partition coefficient (Wildman–Crippen LogP) is 2.48. The molecule has 1 fully saturated rings. The molecule has 1 N–H and O–H groups in total. The van der Waals surface area contributed by atoms with E-state index >= 15 is 0 Å². The van der Waals surface area contributed by atoms with Gasteiger partial charge in [0.15, 0.2) is 23.1 Å². The molecular formula is C19H21N7O2. The van der Waals surface area contributed by atoms with Gasteiger partial charge in [-0.15, -0.1) is 0 Å². The van der Waals surface area contributed by atoms with Crippen LogP contribution in [0.4, 0.5) is 17.5 Å². The molecule has 0 aromatic carbocycles. The smallest absolute Gasteiger partial charge is 0.229 e. The Balaban J connectivity index is 1.43. The summed E-state index contributed by atoms with van der Waals surface area (Å²) in [5.41, 5.74) is 1.75. The fraction of sp³-hybridized carbons (Fsp3) is 0.368. The quantitative estimate of drug-likeness (QED) is 0.739. The van der Waals surface area contributed by atoms with Gasteiger partial charge in [0.05, 0.1) is 36.4 Å². The fourth-order valence-electron chi connectivity index (χ4n) is 3.44. The molecule has 144 valence electrons. The molecule has 0 atom stereocenters. The van der Waals surface area contributed by atoms with Crippen LogP contribution in [0.1, 0.15) is 18.5 Å². The molecule has 1 spiro atoms. The van der Waals surface area contributed by atoms with E-state index in [1.807, 2.05) is 23.8 Å². The van der Waals surface area contributed by atoms with Crippen LogP contribution in [0.2, 0.25) is 0 Å². The number of likely N-dealkylation sites (N-methyl/N-ethyl adjacent to an activating group) is 1. The van der Waals surface area contributed by atoms with Crippen molar-refractivity contribution in [1.82, 2.24) is 24.5 Å². The van der Waals surface area contributed by atoms with Crippen LogP contribution in [-0.2, 0) is 0 Å². The fourth-order valence-corrected chi connectivity index (χ4v) is 3.44. The summed E-state index contributed by atoms with van der Waals surface area (Å²) >= 11 is 0. The van der Waals surface area contributed by atoms with Crippen molar-refractivity contribution in [2.24, 2.45) is 0 Å². The Morgan fingerprint density at radius 2 is 2.04 bits per heavy atom. The minimum Gasteiger partial charge on any atom is -0.493 e. The van der Waals surface area contributed by atoms with E-state index in [2.05, 4.69) is 37.2 Å². The normalized spacial score (nSPS) is 16.5. The van der Waals surface area contributed by atoms with Crippen LogP contribution in [0.25, 0.3) is 5.82 Å². The third kappa shape index (κ3) is 2.70. The second kappa shape index (κ2) is 6.08. The zero-order chi connectivity index (χ0) is 19.3. The number of methoxy groups -OCH3 is 1. The monoisotopic (exact) mass is 379 g/mol. The molecule has 0 bridgehead atoms. The number of nitrogens with zero attached hydrogens (tertiary/aromatic N) is 6. The van der Waals surface area contributed by atoms with Gasteiger partial charge in [0, 0.05) is 19.3 Å². The van der Waals surface area contributed by atoms with E-state index < -0.39 is 0 Å². The van der Waals surface area contributed by atoms with Gasteiger partial charge < -0.3 is 19.7 Å². The maximum Gasteiger partial charge on any atom is 0.229 e. The van der Waals surface area contributed by atoms with Crippen molar-refractivity contribution in [2.75, 3.05) is 31.0 Å². The Labute approximate surface area is 162 Å². The molecule has 5 rings (SSSR count). The number of imidazole rings is 1. The maximum atomic E-state index is 5.84. The van der Waals surface area contributed by atoms with Crippen molar-refractivity contribution >= 4 is 17.5 Å². The highest BCUT2D eigenvalue weighted by atomic mass is 16.5. The van der Waals surface area contributed by atoms with Crippen LogP contribution in [0.3, 0.4) is 0 Å². The molecule has 1 saturated carbocycles. The molecule has 1 aliphatic heterocycles. The summed E-state index contributed by atoms with van der Waals surface area (Å²) in [5.74, 6) is 3.31. The van der Waals surface area contributed by atoms with E-state index in [0.717, 1.165) is 30.0 Å². The molecule has 0 saturated heterocycles. The van der Waals surface area contributed by atoms with Gasteiger partial charge in [-0.2, -0.15) is 4.98 Å². The topological polar surface area (TPSA) is 90.2 Å². The van der Waals surface area contributed by atoms with Crippen LogP contribution in [0, 0.1) is 6.92 Å². The molecule has 9 nitrogen and oxygen atoms in total. The largest absolute Gasteiger partial charge is 0.493 e. The lowest BCUT2D eigenvalue weighted by atomic mass is 10.2. The number of pyridine rings is 1. The van der Waals surface area contributed by atoms with Crippen LogP contribution < -0.4 is 19.7 Å². The number of aromatic nitrogens is 5. The van der Waals surface area contributed by atoms with Gasteiger partial charge >= 0.3 is 0 Å². The van der Waals surface area contributed by atoms with Crippen molar-refractivity contribution in [3.63, 3.8) is 0 Å². The highest BCUT2D eigenvalue weighted by molar-refractivity contribution is 5.63. The summed E-state index contributed by atoms with van der Waals surface area (Å²) in [7, 11) is 3.68. The van der Waals surface area contributed by atoms with E-state index in [1.54, 1.807) is 25.8 Å². The van der Waals surface area contributed by atoms with E-state index in [9.17, 15) is 0 Å². The molecule has 4 heterocycles. The summed E-state index contributed by atoms with van der Waals surface area (Å²) in [6.45, 7) is 2.63. The van der Waals surface area contributed by atoms with Crippen molar-refractivity contribution < 1.29 is 9.47 Å². The van der Waals surface area contributed by atoms with Gasteiger partial charge in [0.1, 0.15) is 12.9 Å². The number of ether oxygens (including phenoxy) is 2. The minimum atomic E-state index is 0.105. The summed E-state index contributed by atoms with van der Waals surface area (Å²) in [5, 5.41) is 3.21. The van der Waals surface area contributed by atoms with Crippen molar-refractivity contribution in [2.45, 2.75) is 25.3 Å². The van der Waals surface area contributed by atoms with Gasteiger partial charge in [-0.3, -0.25) is 4.57 Å². The van der Waals surface area contributed by atoms with E-state index in [1.165, 1.54) is 0 Å². The molecule has 2 aliphatic rings. The van der Waals surface area contributed by atoms with E-state index in [-0.39, 0.29) is 5.54 Å². The number of fused-ring (bicyclic) bond motifs is 1. The molecule has 28 heavy (non-hydrogen) atoms. The number of hydrogen-bond acceptors (Lipinski definition) is 8. The average Bonchev–Trinajstić information content (AvgIpc) is 3.37. The molecule has 3 aromatic heterocycles. The van der Waals surface area contributed by atoms with Gasteiger partial charge in [-0.05, 0) is 19.8 Å². The number of rotatable bonds is 4. The highest BCUT2D eigenvalue weighted by Crippen LogP contribution is 2.48. The number of aryl methyl sites for hydroxylation is 1. The molecule has 3 aromatic rings. The lowest BCUT2D eigenvalue weighted by molar-refractivity contribution is 0.253. The average molecular weight is 379 g/mol. The van der Waals surface area contributed by atoms with Gasteiger partial charge in [0.2, 0.25) is 5.95 Å². The standard InChI is InChI=1S/C19H21N7O2/c1-12-9-26(11-22-12)16-14(27-3)6-13(7-20-16)23-18-21-8-15-17(24-18)25(2)19(4-5-19)10-28-15/h6-9,11H,4-5,10H2,1-3H3,(H,21,23,24). The molecule has 9 heteroatoms. The van der Waals surface area contributed by atoms with Crippen molar-refractivity contribution in [1.29, 1.82) is 0 Å². The summed E-state index contributed by atoms with van der Waals surface area (Å²) < 4.78 is 13.2. The summed E-state index contributed by atoms with van der Waals surface area (Å²) in [6, 6.07) is 1.86. The molecule has 0 unspecified atom stereocenters. The summed E-state index contributed by atoms with van der Waals surface area (Å²) in [6.07, 6.45) is 9.30. The third-order valence-corrected chi connectivity index (χ3v) is 5.35. The first-order valence-corrected chi connectivity index (χ1v) is 9.14. The van der Waals surface area contributed by atoms with Gasteiger partial charge in [-0.1, -0.05) is 0 Å². The van der Waals surface area contributed by atoms with Crippen LogP contribution >= 0.6 is 0 Å². The molecule has 0 amide bonds. The van der Waals surface area contributed by atoms with E-state index in [0.29, 0.717) is 29.9 Å². The molecule has 0 radical (unpaired) electrons. The van der Waals surface area contributed by atoms with E-state index in [4.69, 9.17) is 9.47 Å². The molecular weight excluding hydrogens is 358 g/mol. The van der Waals surface area contributed by atoms with Crippen LogP contribution in [-0.4, -0.2) is 50.8 Å². The number of anilines is 3. The lowest BCUT2D eigenvalue weighted by Crippen LogP contribution is -2.43. The van der Waals surface area contributed by atoms with Gasteiger partial charge in [-0.25, -0.2) is 15.0 Å². The van der Waals surface area contributed by atoms with Crippen molar-refractivity contribution in [3.8, 4) is 17.3 Å². The van der Waals surface area contributed by atoms with Gasteiger partial charge in [0.25, 0.3) is 0 Å². The lowest BCUT2D eigenvalue weighted by Gasteiger charge is -2.35. The Morgan fingerprint density at radius 1 is 1.18 bits per heavy atom. The number of hydrogen-bond donors (Lipinski definition) is 1.